The zero-order valence-corrected chi connectivity index (χ0v) is 9.43. The number of benzene rings is 1. The van der Waals surface area contributed by atoms with Gasteiger partial charge in [-0.25, -0.2) is 0 Å². The summed E-state index contributed by atoms with van der Waals surface area (Å²) < 4.78 is 1.05. The highest BCUT2D eigenvalue weighted by Crippen LogP contribution is 2.21. The molecule has 0 saturated heterocycles. The van der Waals surface area contributed by atoms with Gasteiger partial charge in [-0.1, -0.05) is 28.1 Å². The highest BCUT2D eigenvalue weighted by molar-refractivity contribution is 9.10. The second-order valence-electron chi connectivity index (χ2n) is 3.25. The smallest absolute Gasteiger partial charge is 0.0652 e. The summed E-state index contributed by atoms with van der Waals surface area (Å²) >= 11 is 3.37. The molecule has 0 amide bonds. The number of rotatable bonds is 3. The molecule has 0 fully saturated rings. The molecule has 0 heterocycles. The maximum atomic E-state index is 9.23. The lowest BCUT2D eigenvalue weighted by Gasteiger charge is -2.27. The second kappa shape index (κ2) is 4.22. The lowest BCUT2D eigenvalue weighted by molar-refractivity contribution is 0.183. The van der Waals surface area contributed by atoms with Crippen LogP contribution in [-0.4, -0.2) is 18.8 Å². The van der Waals surface area contributed by atoms with Crippen molar-refractivity contribution in [2.75, 3.05) is 13.7 Å². The summed E-state index contributed by atoms with van der Waals surface area (Å²) in [6, 6.07) is 7.94. The van der Waals surface area contributed by atoms with Crippen LogP contribution >= 0.6 is 15.9 Å². The molecule has 72 valence electrons. The SMILES string of the molecule is CN[C@](C)(CO)c1ccc(Br)cc1. The minimum Gasteiger partial charge on any atom is -0.394 e. The van der Waals surface area contributed by atoms with E-state index in [1.165, 1.54) is 0 Å². The number of hydrogen-bond acceptors (Lipinski definition) is 2. The van der Waals surface area contributed by atoms with E-state index in [2.05, 4.69) is 21.2 Å². The van der Waals surface area contributed by atoms with Crippen LogP contribution in [0.5, 0.6) is 0 Å². The maximum absolute atomic E-state index is 9.23. The molecule has 0 aliphatic carbocycles. The third-order valence-electron chi connectivity index (χ3n) is 2.35. The molecular weight excluding hydrogens is 230 g/mol. The predicted octanol–water partition coefficient (Wildman–Crippen LogP) is 1.88. The van der Waals surface area contributed by atoms with E-state index in [1.54, 1.807) is 0 Å². The van der Waals surface area contributed by atoms with Crippen LogP contribution in [0.25, 0.3) is 0 Å². The summed E-state index contributed by atoms with van der Waals surface area (Å²) in [6.07, 6.45) is 0. The Morgan fingerprint density at radius 2 is 1.92 bits per heavy atom. The molecule has 1 aromatic rings. The Morgan fingerprint density at radius 3 is 2.31 bits per heavy atom. The molecule has 0 bridgehead atoms. The molecule has 2 N–H and O–H groups in total. The predicted molar refractivity (Wildman–Crippen MR) is 57.6 cm³/mol. The van der Waals surface area contributed by atoms with Crippen molar-refractivity contribution in [3.05, 3.63) is 34.3 Å². The fourth-order valence-corrected chi connectivity index (χ4v) is 1.40. The molecule has 13 heavy (non-hydrogen) atoms. The number of aliphatic hydroxyl groups is 1. The fraction of sp³-hybridized carbons (Fsp3) is 0.400. The van der Waals surface area contributed by atoms with Crippen LogP contribution in [0.4, 0.5) is 0 Å². The Morgan fingerprint density at radius 1 is 1.38 bits per heavy atom. The number of halogens is 1. The van der Waals surface area contributed by atoms with Crippen LogP contribution < -0.4 is 5.32 Å². The third kappa shape index (κ3) is 2.30. The van der Waals surface area contributed by atoms with Gasteiger partial charge in [-0.2, -0.15) is 0 Å². The largest absolute Gasteiger partial charge is 0.394 e. The minimum atomic E-state index is -0.347. The van der Waals surface area contributed by atoms with E-state index in [1.807, 2.05) is 38.2 Å². The Labute approximate surface area is 87.1 Å². The van der Waals surface area contributed by atoms with Gasteiger partial charge in [0.05, 0.1) is 12.1 Å². The van der Waals surface area contributed by atoms with Gasteiger partial charge >= 0.3 is 0 Å². The summed E-state index contributed by atoms with van der Waals surface area (Å²) in [5, 5.41) is 12.3. The molecule has 0 spiro atoms. The first-order valence-corrected chi connectivity index (χ1v) is 4.97. The highest BCUT2D eigenvalue weighted by Gasteiger charge is 2.22. The molecular formula is C10H14BrNO. The normalized spacial score (nSPS) is 15.4. The number of hydrogen-bond donors (Lipinski definition) is 2. The first kappa shape index (κ1) is 10.7. The van der Waals surface area contributed by atoms with Crippen molar-refractivity contribution in [3.63, 3.8) is 0 Å². The lowest BCUT2D eigenvalue weighted by atomic mass is 9.93. The van der Waals surface area contributed by atoms with Gasteiger partial charge in [-0.05, 0) is 31.7 Å². The first-order chi connectivity index (χ1) is 6.12. The van der Waals surface area contributed by atoms with Crippen molar-refractivity contribution in [3.8, 4) is 0 Å². The van der Waals surface area contributed by atoms with Crippen LogP contribution in [0.2, 0.25) is 0 Å². The molecule has 1 atom stereocenters. The van der Waals surface area contributed by atoms with Crippen LogP contribution in [0.3, 0.4) is 0 Å². The molecule has 0 radical (unpaired) electrons. The Kier molecular flexibility index (Phi) is 3.47. The monoisotopic (exact) mass is 243 g/mol. The standard InChI is InChI=1S/C10H14BrNO/c1-10(7-13,12-2)8-3-5-9(11)6-4-8/h3-6,12-13H,7H2,1-2H3/t10-/m1/s1. The van der Waals surface area contributed by atoms with Crippen LogP contribution in [-0.2, 0) is 5.54 Å². The average molecular weight is 244 g/mol. The molecule has 2 nitrogen and oxygen atoms in total. The van der Waals surface area contributed by atoms with E-state index in [4.69, 9.17) is 0 Å². The highest BCUT2D eigenvalue weighted by atomic mass is 79.9. The van der Waals surface area contributed by atoms with E-state index in [0.29, 0.717) is 0 Å². The minimum absolute atomic E-state index is 0.0884. The van der Waals surface area contributed by atoms with Crippen LogP contribution in [0.1, 0.15) is 12.5 Å². The van der Waals surface area contributed by atoms with E-state index in [0.717, 1.165) is 10.0 Å². The fourth-order valence-electron chi connectivity index (χ4n) is 1.13. The summed E-state index contributed by atoms with van der Waals surface area (Å²) in [4.78, 5) is 0. The number of nitrogens with one attached hydrogen (secondary N) is 1. The maximum Gasteiger partial charge on any atom is 0.0652 e. The molecule has 0 unspecified atom stereocenters. The Hall–Kier alpha value is -0.380. The number of aliphatic hydroxyl groups excluding tert-OH is 1. The van der Waals surface area contributed by atoms with Crippen molar-refractivity contribution in [1.29, 1.82) is 0 Å². The quantitative estimate of drug-likeness (QED) is 0.850. The van der Waals surface area contributed by atoms with E-state index in [-0.39, 0.29) is 12.1 Å². The molecule has 1 aromatic carbocycles. The average Bonchev–Trinajstić information content (AvgIpc) is 2.18. The topological polar surface area (TPSA) is 32.3 Å². The van der Waals surface area contributed by atoms with Gasteiger partial charge < -0.3 is 10.4 Å². The zero-order chi connectivity index (χ0) is 9.90. The van der Waals surface area contributed by atoms with Crippen molar-refractivity contribution >= 4 is 15.9 Å². The third-order valence-corrected chi connectivity index (χ3v) is 2.88. The Bertz CT molecular complexity index is 267. The van der Waals surface area contributed by atoms with Gasteiger partial charge in [0.15, 0.2) is 0 Å². The summed E-state index contributed by atoms with van der Waals surface area (Å²) in [5.41, 5.74) is 0.737. The summed E-state index contributed by atoms with van der Waals surface area (Å²) in [7, 11) is 1.85. The first-order valence-electron chi connectivity index (χ1n) is 4.18. The van der Waals surface area contributed by atoms with Crippen LogP contribution in [0.15, 0.2) is 28.7 Å². The van der Waals surface area contributed by atoms with Gasteiger partial charge in [-0.15, -0.1) is 0 Å². The van der Waals surface area contributed by atoms with E-state index in [9.17, 15) is 5.11 Å². The van der Waals surface area contributed by atoms with Gasteiger partial charge in [0.25, 0.3) is 0 Å². The second-order valence-corrected chi connectivity index (χ2v) is 4.16. The molecule has 1 rings (SSSR count). The lowest BCUT2D eigenvalue weighted by Crippen LogP contribution is -2.40. The Balaban J connectivity index is 2.99. The number of likely N-dealkylation sites (N-methyl/N-ethyl adjacent to an activating group) is 1. The van der Waals surface area contributed by atoms with Crippen molar-refractivity contribution in [2.45, 2.75) is 12.5 Å². The van der Waals surface area contributed by atoms with Crippen molar-refractivity contribution < 1.29 is 5.11 Å². The van der Waals surface area contributed by atoms with Crippen molar-refractivity contribution in [1.82, 2.24) is 5.32 Å². The molecule has 0 aliphatic heterocycles. The molecule has 0 aromatic heterocycles. The zero-order valence-electron chi connectivity index (χ0n) is 7.84. The van der Waals surface area contributed by atoms with Gasteiger partial charge in [0, 0.05) is 4.47 Å². The van der Waals surface area contributed by atoms with E-state index >= 15 is 0 Å². The molecule has 3 heteroatoms. The van der Waals surface area contributed by atoms with E-state index < -0.39 is 0 Å². The van der Waals surface area contributed by atoms with Gasteiger partial charge in [-0.3, -0.25) is 0 Å². The molecule has 0 saturated carbocycles. The summed E-state index contributed by atoms with van der Waals surface area (Å²) in [6.45, 7) is 2.06. The molecule has 0 aliphatic rings. The van der Waals surface area contributed by atoms with Gasteiger partial charge in [0.1, 0.15) is 0 Å². The van der Waals surface area contributed by atoms with Crippen LogP contribution in [0, 0.1) is 0 Å². The summed E-state index contributed by atoms with van der Waals surface area (Å²) in [5.74, 6) is 0. The van der Waals surface area contributed by atoms with Crippen molar-refractivity contribution in [2.24, 2.45) is 0 Å². The van der Waals surface area contributed by atoms with Gasteiger partial charge in [0.2, 0.25) is 0 Å².